The maximum atomic E-state index is 12.2. The normalized spacial score (nSPS) is 10.2. The zero-order valence-corrected chi connectivity index (χ0v) is 12.6. The summed E-state index contributed by atoms with van der Waals surface area (Å²) in [7, 11) is 0. The number of anilines is 1. The summed E-state index contributed by atoms with van der Waals surface area (Å²) in [5.74, 6) is -1.77. The monoisotopic (exact) mass is 343 g/mol. The van der Waals surface area contributed by atoms with E-state index in [0.717, 1.165) is 0 Å². The van der Waals surface area contributed by atoms with Crippen LogP contribution in [0.3, 0.4) is 0 Å². The lowest BCUT2D eigenvalue weighted by Gasteiger charge is -2.10. The quantitative estimate of drug-likeness (QED) is 0.855. The van der Waals surface area contributed by atoms with Crippen LogP contribution in [0, 0.1) is 0 Å². The Morgan fingerprint density at radius 2 is 1.71 bits per heavy atom. The summed E-state index contributed by atoms with van der Waals surface area (Å²) in [6.45, 7) is 0. The molecule has 4 nitrogen and oxygen atoms in total. The first-order chi connectivity index (χ1) is 9.90. The number of amides is 1. The van der Waals surface area contributed by atoms with Crippen molar-refractivity contribution in [1.82, 2.24) is 0 Å². The van der Waals surface area contributed by atoms with E-state index in [1.165, 1.54) is 24.3 Å². The molecule has 0 fully saturated rings. The van der Waals surface area contributed by atoms with Crippen LogP contribution in [-0.4, -0.2) is 17.0 Å². The molecule has 0 bridgehead atoms. The van der Waals surface area contributed by atoms with Crippen LogP contribution < -0.4 is 5.32 Å². The van der Waals surface area contributed by atoms with Gasteiger partial charge < -0.3 is 10.4 Å². The highest BCUT2D eigenvalue weighted by atomic mass is 35.5. The maximum Gasteiger partial charge on any atom is 0.337 e. The molecule has 0 aromatic heterocycles. The van der Waals surface area contributed by atoms with E-state index in [4.69, 9.17) is 39.9 Å². The summed E-state index contributed by atoms with van der Waals surface area (Å²) in [5, 5.41) is 12.2. The van der Waals surface area contributed by atoms with Gasteiger partial charge in [-0.2, -0.15) is 0 Å². The first-order valence-corrected chi connectivity index (χ1v) is 6.81. The summed E-state index contributed by atoms with van der Waals surface area (Å²) in [5.41, 5.74) is 0.150. The lowest BCUT2D eigenvalue weighted by atomic mass is 10.1. The van der Waals surface area contributed by atoms with Crippen LogP contribution in [0.1, 0.15) is 20.7 Å². The molecule has 21 heavy (non-hydrogen) atoms. The number of aromatic carboxylic acids is 1. The molecule has 0 unspecified atom stereocenters. The molecule has 0 spiro atoms. The smallest absolute Gasteiger partial charge is 0.337 e. The average Bonchev–Trinajstić information content (AvgIpc) is 2.43. The Morgan fingerprint density at radius 3 is 2.38 bits per heavy atom. The second-order valence-electron chi connectivity index (χ2n) is 4.05. The number of carbonyl (C=O) groups excluding carboxylic acids is 1. The fourth-order valence-corrected chi connectivity index (χ4v) is 2.23. The number of halogens is 3. The van der Waals surface area contributed by atoms with Gasteiger partial charge in [-0.3, -0.25) is 4.79 Å². The van der Waals surface area contributed by atoms with Crippen LogP contribution >= 0.6 is 34.8 Å². The first kappa shape index (κ1) is 15.6. The van der Waals surface area contributed by atoms with E-state index in [0.29, 0.717) is 0 Å². The SMILES string of the molecule is O=C(O)c1cc(Cl)ccc1NC(=O)c1cccc(Cl)c1Cl. The van der Waals surface area contributed by atoms with Gasteiger partial charge in [0.2, 0.25) is 0 Å². The number of hydrogen-bond acceptors (Lipinski definition) is 2. The molecule has 7 heteroatoms. The second-order valence-corrected chi connectivity index (χ2v) is 5.27. The molecule has 2 N–H and O–H groups in total. The lowest BCUT2D eigenvalue weighted by Crippen LogP contribution is -2.15. The molecule has 2 aromatic rings. The predicted octanol–water partition coefficient (Wildman–Crippen LogP) is 4.60. The molecular weight excluding hydrogens is 337 g/mol. The number of rotatable bonds is 3. The van der Waals surface area contributed by atoms with Crippen LogP contribution in [0.4, 0.5) is 5.69 Å². The predicted molar refractivity (Wildman–Crippen MR) is 82.8 cm³/mol. The van der Waals surface area contributed by atoms with Gasteiger partial charge in [-0.05, 0) is 30.3 Å². The highest BCUT2D eigenvalue weighted by Gasteiger charge is 2.17. The van der Waals surface area contributed by atoms with Crippen molar-refractivity contribution in [2.24, 2.45) is 0 Å². The summed E-state index contributed by atoms with van der Waals surface area (Å²) in [4.78, 5) is 23.3. The molecule has 0 saturated carbocycles. The molecular formula is C14H8Cl3NO3. The first-order valence-electron chi connectivity index (χ1n) is 5.68. The summed E-state index contributed by atoms with van der Waals surface area (Å²) < 4.78 is 0. The van der Waals surface area contributed by atoms with Crippen molar-refractivity contribution in [3.63, 3.8) is 0 Å². The Kier molecular flexibility index (Phi) is 4.73. The molecule has 1 amide bonds. The van der Waals surface area contributed by atoms with Crippen LogP contribution in [0.2, 0.25) is 15.1 Å². The minimum atomic E-state index is -1.20. The van der Waals surface area contributed by atoms with Crippen LogP contribution in [0.5, 0.6) is 0 Å². The largest absolute Gasteiger partial charge is 0.478 e. The highest BCUT2D eigenvalue weighted by molar-refractivity contribution is 6.44. The van der Waals surface area contributed by atoms with Crippen molar-refractivity contribution < 1.29 is 14.7 Å². The zero-order valence-electron chi connectivity index (χ0n) is 10.4. The van der Waals surface area contributed by atoms with E-state index in [2.05, 4.69) is 5.32 Å². The van der Waals surface area contributed by atoms with Gasteiger partial charge in [0.15, 0.2) is 0 Å². The van der Waals surface area contributed by atoms with E-state index in [1.807, 2.05) is 0 Å². The van der Waals surface area contributed by atoms with Gasteiger partial charge in [0, 0.05) is 5.02 Å². The van der Waals surface area contributed by atoms with Crippen molar-refractivity contribution in [2.45, 2.75) is 0 Å². The number of carboxylic acid groups (broad SMARTS) is 1. The molecule has 0 aliphatic heterocycles. The van der Waals surface area contributed by atoms with Crippen molar-refractivity contribution in [3.05, 3.63) is 62.6 Å². The van der Waals surface area contributed by atoms with Gasteiger partial charge in [-0.25, -0.2) is 4.79 Å². The number of benzene rings is 2. The van der Waals surface area contributed by atoms with Crippen molar-refractivity contribution in [2.75, 3.05) is 5.32 Å². The third kappa shape index (κ3) is 3.47. The van der Waals surface area contributed by atoms with E-state index >= 15 is 0 Å². The third-order valence-corrected chi connectivity index (χ3v) is 3.71. The molecule has 108 valence electrons. The highest BCUT2D eigenvalue weighted by Crippen LogP contribution is 2.27. The summed E-state index contributed by atoms with van der Waals surface area (Å²) in [6.07, 6.45) is 0. The topological polar surface area (TPSA) is 66.4 Å². The van der Waals surface area contributed by atoms with E-state index in [9.17, 15) is 9.59 Å². The number of nitrogens with one attached hydrogen (secondary N) is 1. The average molecular weight is 345 g/mol. The Labute approximate surface area is 135 Å². The van der Waals surface area contributed by atoms with Gasteiger partial charge >= 0.3 is 5.97 Å². The number of hydrogen-bond donors (Lipinski definition) is 2. The van der Waals surface area contributed by atoms with Crippen LogP contribution in [0.25, 0.3) is 0 Å². The molecule has 0 saturated heterocycles. The summed E-state index contributed by atoms with van der Waals surface area (Å²) in [6, 6.07) is 8.74. The molecule has 0 aliphatic carbocycles. The van der Waals surface area contributed by atoms with Crippen LogP contribution in [0.15, 0.2) is 36.4 Å². The van der Waals surface area contributed by atoms with E-state index < -0.39 is 11.9 Å². The van der Waals surface area contributed by atoms with Crippen molar-refractivity contribution in [3.8, 4) is 0 Å². The standard InChI is InChI=1S/C14H8Cl3NO3/c15-7-4-5-11(9(6-7)14(20)21)18-13(19)8-2-1-3-10(16)12(8)17/h1-6H,(H,18,19)(H,20,21). The lowest BCUT2D eigenvalue weighted by molar-refractivity contribution is 0.0698. The molecule has 0 heterocycles. The fraction of sp³-hybridized carbons (Fsp3) is 0. The Hall–Kier alpha value is -1.75. The van der Waals surface area contributed by atoms with Crippen LogP contribution in [-0.2, 0) is 0 Å². The summed E-state index contributed by atoms with van der Waals surface area (Å²) >= 11 is 17.5. The second kappa shape index (κ2) is 6.35. The molecule has 0 radical (unpaired) electrons. The third-order valence-electron chi connectivity index (χ3n) is 2.66. The van der Waals surface area contributed by atoms with Gasteiger partial charge in [0.1, 0.15) is 0 Å². The van der Waals surface area contributed by atoms with E-state index in [-0.39, 0.29) is 31.9 Å². The van der Waals surface area contributed by atoms with Gasteiger partial charge in [0.05, 0.1) is 26.9 Å². The van der Waals surface area contributed by atoms with Crippen molar-refractivity contribution in [1.29, 1.82) is 0 Å². The minimum absolute atomic E-state index is 0.0995. The Bertz CT molecular complexity index is 731. The maximum absolute atomic E-state index is 12.2. The Morgan fingerprint density at radius 1 is 1.00 bits per heavy atom. The zero-order chi connectivity index (χ0) is 15.6. The van der Waals surface area contributed by atoms with Gasteiger partial charge in [-0.1, -0.05) is 40.9 Å². The molecule has 0 atom stereocenters. The van der Waals surface area contributed by atoms with Crippen molar-refractivity contribution >= 4 is 52.4 Å². The minimum Gasteiger partial charge on any atom is -0.478 e. The fourth-order valence-electron chi connectivity index (χ4n) is 1.67. The number of carbonyl (C=O) groups is 2. The Balaban J connectivity index is 2.36. The molecule has 0 aliphatic rings. The van der Waals surface area contributed by atoms with Gasteiger partial charge in [0.25, 0.3) is 5.91 Å². The van der Waals surface area contributed by atoms with Gasteiger partial charge in [-0.15, -0.1) is 0 Å². The van der Waals surface area contributed by atoms with E-state index in [1.54, 1.807) is 12.1 Å². The number of carboxylic acids is 1. The molecule has 2 aromatic carbocycles. The molecule has 2 rings (SSSR count).